The van der Waals surface area contributed by atoms with E-state index >= 15 is 0 Å². The van der Waals surface area contributed by atoms with Crippen molar-refractivity contribution in [2.24, 2.45) is 5.14 Å². The van der Waals surface area contributed by atoms with E-state index in [4.69, 9.17) is 5.14 Å². The van der Waals surface area contributed by atoms with Crippen LogP contribution >= 0.6 is 0 Å². The third-order valence-electron chi connectivity index (χ3n) is 4.43. The smallest absolute Gasteiger partial charge is 0.292 e. The first kappa shape index (κ1) is 19.7. The molecule has 2 aromatic rings. The van der Waals surface area contributed by atoms with Crippen LogP contribution in [-0.4, -0.2) is 32.2 Å². The molecule has 28 heavy (non-hydrogen) atoms. The van der Waals surface area contributed by atoms with Gasteiger partial charge in [0, 0.05) is 5.56 Å². The molecule has 1 heterocycles. The van der Waals surface area contributed by atoms with Crippen molar-refractivity contribution >= 4 is 33.5 Å². The zero-order valence-electron chi connectivity index (χ0n) is 14.6. The van der Waals surface area contributed by atoms with Gasteiger partial charge in [-0.05, 0) is 29.8 Å². The molecule has 2 aromatic carbocycles. The molecule has 146 valence electrons. The van der Waals surface area contributed by atoms with Gasteiger partial charge < -0.3 is 15.2 Å². The van der Waals surface area contributed by atoms with Crippen LogP contribution in [0.15, 0.2) is 53.4 Å². The number of anilines is 1. The molecule has 1 atom stereocenters. The molecule has 0 aliphatic carbocycles. The third-order valence-corrected chi connectivity index (χ3v) is 5.36. The lowest BCUT2D eigenvalue weighted by atomic mass is 10.2. The van der Waals surface area contributed by atoms with Gasteiger partial charge in [0.1, 0.15) is 6.54 Å². The van der Waals surface area contributed by atoms with Crippen LogP contribution in [0.1, 0.15) is 22.3 Å². The molecule has 10 heteroatoms. The number of benzene rings is 2. The van der Waals surface area contributed by atoms with Gasteiger partial charge >= 0.3 is 0 Å². The van der Waals surface area contributed by atoms with Crippen LogP contribution < -0.4 is 20.5 Å². The molecule has 0 bridgehead atoms. The number of hydrogen-bond acceptors (Lipinski definition) is 6. The van der Waals surface area contributed by atoms with Crippen molar-refractivity contribution in [3.63, 3.8) is 0 Å². The van der Waals surface area contributed by atoms with Gasteiger partial charge in [-0.25, -0.2) is 18.5 Å². The summed E-state index contributed by atoms with van der Waals surface area (Å²) in [5.41, 5.74) is 1.02. The average Bonchev–Trinajstić information content (AvgIpc) is 2.93. The lowest BCUT2D eigenvalue weighted by molar-refractivity contribution is -0.690. The highest BCUT2D eigenvalue weighted by molar-refractivity contribution is 7.89. The first-order valence-corrected chi connectivity index (χ1v) is 9.85. The molecule has 0 unspecified atom stereocenters. The number of primary sulfonamides is 1. The molecule has 1 saturated heterocycles. The van der Waals surface area contributed by atoms with Crippen molar-refractivity contribution in [3.8, 4) is 0 Å². The van der Waals surface area contributed by atoms with E-state index in [1.54, 1.807) is 17.4 Å². The van der Waals surface area contributed by atoms with Gasteiger partial charge in [0.25, 0.3) is 5.91 Å². The number of carbonyl (C=O) groups is 3. The third kappa shape index (κ3) is 4.09. The second-order valence-electron chi connectivity index (χ2n) is 6.34. The molecular formula is C18H17N3O6S. The SMILES string of the molecule is NS(=O)(=O)c1ccc(C[NH2+][C@@H]2CC(=O)N(c3ccc(C(=O)[O-])cc3)C2=O)cc1. The van der Waals surface area contributed by atoms with Crippen LogP contribution in [0.5, 0.6) is 0 Å². The number of imide groups is 1. The lowest BCUT2D eigenvalue weighted by Crippen LogP contribution is -2.90. The Labute approximate surface area is 160 Å². The number of carbonyl (C=O) groups excluding carboxylic acids is 3. The maximum atomic E-state index is 12.6. The molecule has 9 nitrogen and oxygen atoms in total. The Morgan fingerprint density at radius 1 is 1.11 bits per heavy atom. The Kier molecular flexibility index (Phi) is 5.27. The summed E-state index contributed by atoms with van der Waals surface area (Å²) in [7, 11) is -3.77. The minimum absolute atomic E-state index is 0.00504. The van der Waals surface area contributed by atoms with Gasteiger partial charge in [-0.2, -0.15) is 0 Å². The molecule has 0 saturated carbocycles. The number of aromatic carboxylic acids is 1. The second-order valence-corrected chi connectivity index (χ2v) is 7.90. The fourth-order valence-electron chi connectivity index (χ4n) is 2.95. The van der Waals surface area contributed by atoms with E-state index in [9.17, 15) is 27.9 Å². The van der Waals surface area contributed by atoms with Crippen LogP contribution in [0.25, 0.3) is 0 Å². The summed E-state index contributed by atoms with van der Waals surface area (Å²) in [6.07, 6.45) is 0.0103. The van der Waals surface area contributed by atoms with E-state index < -0.39 is 27.9 Å². The zero-order chi connectivity index (χ0) is 20.5. The van der Waals surface area contributed by atoms with Crippen molar-refractivity contribution in [1.82, 2.24) is 0 Å². The minimum Gasteiger partial charge on any atom is -0.545 e. The summed E-state index contributed by atoms with van der Waals surface area (Å²) in [6, 6.07) is 10.6. The quantitative estimate of drug-likeness (QED) is 0.537. The molecule has 0 aromatic heterocycles. The molecule has 1 fully saturated rings. The van der Waals surface area contributed by atoms with E-state index in [1.165, 1.54) is 36.4 Å². The first-order valence-electron chi connectivity index (χ1n) is 8.30. The number of quaternary nitrogens is 1. The largest absolute Gasteiger partial charge is 0.545 e. The van der Waals surface area contributed by atoms with Gasteiger partial charge in [0.2, 0.25) is 15.9 Å². The van der Waals surface area contributed by atoms with Crippen molar-refractivity contribution in [2.75, 3.05) is 4.90 Å². The second kappa shape index (κ2) is 7.50. The molecule has 0 radical (unpaired) electrons. The standard InChI is InChI=1S/C18H17N3O6S/c19-28(26,27)14-7-1-11(2-8-14)10-20-15-9-16(22)21(17(15)23)13-5-3-12(4-6-13)18(24)25/h1-8,15,20H,9-10H2,(H,24,25)(H2,19,26,27)/t15-/m1/s1. The Morgan fingerprint density at radius 3 is 2.25 bits per heavy atom. The van der Waals surface area contributed by atoms with Gasteiger partial charge in [-0.1, -0.05) is 24.3 Å². The Bertz CT molecular complexity index is 1030. The van der Waals surface area contributed by atoms with Crippen molar-refractivity contribution in [3.05, 3.63) is 59.7 Å². The minimum atomic E-state index is -3.77. The highest BCUT2D eigenvalue weighted by Crippen LogP contribution is 2.22. The number of nitrogens with two attached hydrogens (primary N) is 2. The van der Waals surface area contributed by atoms with E-state index in [1.807, 2.05) is 0 Å². The monoisotopic (exact) mass is 403 g/mol. The van der Waals surface area contributed by atoms with Gasteiger partial charge in [-0.15, -0.1) is 0 Å². The average molecular weight is 403 g/mol. The Morgan fingerprint density at radius 2 is 1.71 bits per heavy atom. The molecule has 2 amide bonds. The highest BCUT2D eigenvalue weighted by Gasteiger charge is 2.42. The predicted molar refractivity (Wildman–Crippen MR) is 95.1 cm³/mol. The van der Waals surface area contributed by atoms with Gasteiger partial charge in [-0.3, -0.25) is 9.59 Å². The van der Waals surface area contributed by atoms with E-state index in [0.29, 0.717) is 12.2 Å². The summed E-state index contributed by atoms with van der Waals surface area (Å²) in [5, 5.41) is 17.6. The highest BCUT2D eigenvalue weighted by atomic mass is 32.2. The zero-order valence-corrected chi connectivity index (χ0v) is 15.4. The van der Waals surface area contributed by atoms with Crippen LogP contribution in [0, 0.1) is 0 Å². The van der Waals surface area contributed by atoms with Gasteiger partial charge in [0.05, 0.1) is 23.0 Å². The maximum Gasteiger partial charge on any atom is 0.292 e. The number of hydrogen-bond donors (Lipinski definition) is 2. The van der Waals surface area contributed by atoms with E-state index in [0.717, 1.165) is 10.5 Å². The van der Waals surface area contributed by atoms with Crippen molar-refractivity contribution in [1.29, 1.82) is 0 Å². The number of nitrogens with zero attached hydrogens (tertiary/aromatic N) is 1. The Balaban J connectivity index is 1.67. The molecule has 3 rings (SSSR count). The molecule has 4 N–H and O–H groups in total. The lowest BCUT2D eigenvalue weighted by Gasteiger charge is -2.15. The fourth-order valence-corrected chi connectivity index (χ4v) is 3.47. The van der Waals surface area contributed by atoms with Gasteiger partial charge in [0.15, 0.2) is 6.04 Å². The van der Waals surface area contributed by atoms with Crippen molar-refractivity contribution in [2.45, 2.75) is 23.9 Å². The maximum absolute atomic E-state index is 12.6. The Hall–Kier alpha value is -3.08. The normalized spacial score (nSPS) is 17.2. The molecule has 1 aliphatic rings. The van der Waals surface area contributed by atoms with Crippen LogP contribution in [0.3, 0.4) is 0 Å². The van der Waals surface area contributed by atoms with Crippen LogP contribution in [0.2, 0.25) is 0 Å². The molecule has 0 spiro atoms. The first-order chi connectivity index (χ1) is 13.2. The predicted octanol–water partition coefficient (Wildman–Crippen LogP) is -1.91. The number of sulfonamides is 1. The summed E-state index contributed by atoms with van der Waals surface area (Å²) < 4.78 is 22.5. The van der Waals surface area contributed by atoms with Crippen LogP contribution in [0.4, 0.5) is 5.69 Å². The molecular weight excluding hydrogens is 386 g/mol. The summed E-state index contributed by atoms with van der Waals surface area (Å²) >= 11 is 0. The summed E-state index contributed by atoms with van der Waals surface area (Å²) in [5.74, 6) is -2.12. The molecule has 1 aliphatic heterocycles. The fraction of sp³-hybridized carbons (Fsp3) is 0.167. The summed E-state index contributed by atoms with van der Waals surface area (Å²) in [4.78, 5) is 36.7. The summed E-state index contributed by atoms with van der Waals surface area (Å²) in [6.45, 7) is 0.367. The topological polar surface area (TPSA) is 154 Å². The number of amides is 2. The number of carboxylic acid groups (broad SMARTS) is 1. The number of carboxylic acids is 1. The van der Waals surface area contributed by atoms with E-state index in [2.05, 4.69) is 0 Å². The van der Waals surface area contributed by atoms with E-state index in [-0.39, 0.29) is 22.8 Å². The van der Waals surface area contributed by atoms with Crippen LogP contribution in [-0.2, 0) is 26.2 Å². The number of rotatable bonds is 6. The van der Waals surface area contributed by atoms with Crippen molar-refractivity contribution < 1.29 is 33.2 Å².